The van der Waals surface area contributed by atoms with Crippen molar-refractivity contribution < 1.29 is 14.3 Å². The fraction of sp³-hybridized carbons (Fsp3) is 0.0714. The topological polar surface area (TPSA) is 71.3 Å². The first-order valence-corrected chi connectivity index (χ1v) is 11.4. The Bertz CT molecular complexity index is 1460. The molecule has 35 heavy (non-hydrogen) atoms. The van der Waals surface area contributed by atoms with Crippen LogP contribution in [0.3, 0.4) is 0 Å². The zero-order valence-corrected chi connectivity index (χ0v) is 20.2. The van der Waals surface area contributed by atoms with Gasteiger partial charge in [0.05, 0.1) is 12.1 Å². The second-order valence-electron chi connectivity index (χ2n) is 7.64. The molecule has 4 aromatic carbocycles. The van der Waals surface area contributed by atoms with Crippen molar-refractivity contribution in [1.29, 1.82) is 5.26 Å². The summed E-state index contributed by atoms with van der Waals surface area (Å²) >= 11 is 12.4. The Morgan fingerprint density at radius 3 is 2.46 bits per heavy atom. The fourth-order valence-electron chi connectivity index (χ4n) is 3.49. The fourth-order valence-corrected chi connectivity index (χ4v) is 3.89. The quantitative estimate of drug-likeness (QED) is 0.213. The highest BCUT2D eigenvalue weighted by atomic mass is 35.5. The molecule has 0 saturated carbocycles. The minimum Gasteiger partial charge on any atom is -0.493 e. The molecular formula is C28H20Cl2N2O3. The van der Waals surface area contributed by atoms with Gasteiger partial charge in [-0.1, -0.05) is 59.6 Å². The lowest BCUT2D eigenvalue weighted by molar-refractivity contribution is -0.112. The van der Waals surface area contributed by atoms with Gasteiger partial charge in [-0.2, -0.15) is 5.26 Å². The van der Waals surface area contributed by atoms with Gasteiger partial charge >= 0.3 is 0 Å². The van der Waals surface area contributed by atoms with Gasteiger partial charge in [0.2, 0.25) is 0 Å². The van der Waals surface area contributed by atoms with Crippen LogP contribution in [0, 0.1) is 11.3 Å². The minimum atomic E-state index is -0.554. The number of nitrogens with one attached hydrogen (secondary N) is 1. The van der Waals surface area contributed by atoms with E-state index in [9.17, 15) is 10.1 Å². The lowest BCUT2D eigenvalue weighted by Crippen LogP contribution is -2.13. The number of rotatable bonds is 7. The molecule has 0 radical (unpaired) electrons. The third-order valence-corrected chi connectivity index (χ3v) is 5.76. The van der Waals surface area contributed by atoms with Crippen molar-refractivity contribution in [3.63, 3.8) is 0 Å². The summed E-state index contributed by atoms with van der Waals surface area (Å²) in [6, 6.07) is 26.0. The number of anilines is 1. The minimum absolute atomic E-state index is 0.0945. The summed E-state index contributed by atoms with van der Waals surface area (Å²) in [5.41, 5.74) is 1.93. The lowest BCUT2D eigenvalue weighted by Gasteiger charge is -2.14. The number of fused-ring (bicyclic) bond motifs is 1. The largest absolute Gasteiger partial charge is 0.493 e. The van der Waals surface area contributed by atoms with E-state index in [1.54, 1.807) is 36.4 Å². The van der Waals surface area contributed by atoms with E-state index in [-0.39, 0.29) is 5.57 Å². The Kier molecular flexibility index (Phi) is 7.57. The van der Waals surface area contributed by atoms with Crippen LogP contribution in [0.25, 0.3) is 16.8 Å². The molecule has 0 aliphatic carbocycles. The number of nitrogens with zero attached hydrogens (tertiary/aromatic N) is 1. The van der Waals surface area contributed by atoms with E-state index in [0.717, 1.165) is 16.3 Å². The number of hydrogen-bond acceptors (Lipinski definition) is 4. The smallest absolute Gasteiger partial charge is 0.266 e. The van der Waals surface area contributed by atoms with Gasteiger partial charge in [0.15, 0.2) is 11.5 Å². The molecule has 0 aliphatic rings. The third-order valence-electron chi connectivity index (χ3n) is 5.23. The van der Waals surface area contributed by atoms with E-state index in [1.165, 1.54) is 13.2 Å². The Morgan fingerprint density at radius 1 is 1.00 bits per heavy atom. The summed E-state index contributed by atoms with van der Waals surface area (Å²) in [6.07, 6.45) is 1.44. The van der Waals surface area contributed by atoms with Crippen LogP contribution in [0.2, 0.25) is 10.0 Å². The average molecular weight is 503 g/mol. The van der Waals surface area contributed by atoms with Crippen LogP contribution in [0.1, 0.15) is 11.1 Å². The molecule has 0 aromatic heterocycles. The average Bonchev–Trinajstić information content (AvgIpc) is 2.87. The van der Waals surface area contributed by atoms with Crippen molar-refractivity contribution >= 4 is 51.6 Å². The number of nitriles is 1. The van der Waals surface area contributed by atoms with Crippen LogP contribution in [-0.4, -0.2) is 13.0 Å². The molecule has 174 valence electrons. The highest BCUT2D eigenvalue weighted by molar-refractivity contribution is 6.32. The van der Waals surface area contributed by atoms with Crippen LogP contribution in [0.5, 0.6) is 11.5 Å². The molecule has 0 heterocycles. The van der Waals surface area contributed by atoms with Crippen molar-refractivity contribution in [2.24, 2.45) is 0 Å². The summed E-state index contributed by atoms with van der Waals surface area (Å²) in [7, 11) is 1.50. The zero-order chi connectivity index (χ0) is 24.8. The summed E-state index contributed by atoms with van der Waals surface area (Å²) in [4.78, 5) is 12.6. The monoisotopic (exact) mass is 502 g/mol. The van der Waals surface area contributed by atoms with Gasteiger partial charge in [-0.3, -0.25) is 4.79 Å². The van der Waals surface area contributed by atoms with E-state index in [1.807, 2.05) is 36.4 Å². The van der Waals surface area contributed by atoms with Crippen molar-refractivity contribution in [3.8, 4) is 17.6 Å². The molecule has 0 atom stereocenters. The molecular weight excluding hydrogens is 483 g/mol. The standard InChI is InChI=1S/C28H20Cl2N2O3/c1-34-26-15-19(13-22(16-31)28(33)32-24-10-8-23(29)9-11-24)14-25(30)27(26)35-17-18-6-7-20-4-2-3-5-21(20)12-18/h2-15H,17H2,1H3,(H,32,33)/b22-13-. The van der Waals surface area contributed by atoms with Crippen molar-refractivity contribution in [1.82, 2.24) is 0 Å². The van der Waals surface area contributed by atoms with E-state index in [0.29, 0.717) is 39.4 Å². The molecule has 4 aromatic rings. The second kappa shape index (κ2) is 11.0. The van der Waals surface area contributed by atoms with Crippen LogP contribution >= 0.6 is 23.2 Å². The predicted octanol–water partition coefficient (Wildman–Crippen LogP) is 7.28. The molecule has 0 unspecified atom stereocenters. The van der Waals surface area contributed by atoms with Gasteiger partial charge in [0.25, 0.3) is 5.91 Å². The molecule has 0 spiro atoms. The Labute approximate surface area is 213 Å². The van der Waals surface area contributed by atoms with Gasteiger partial charge in [-0.15, -0.1) is 0 Å². The first-order chi connectivity index (χ1) is 17.0. The molecule has 0 fully saturated rings. The lowest BCUT2D eigenvalue weighted by atomic mass is 10.1. The van der Waals surface area contributed by atoms with Crippen LogP contribution < -0.4 is 14.8 Å². The van der Waals surface area contributed by atoms with Gasteiger partial charge in [0.1, 0.15) is 18.2 Å². The van der Waals surface area contributed by atoms with E-state index in [2.05, 4.69) is 17.4 Å². The SMILES string of the molecule is COc1cc(/C=C(/C#N)C(=O)Nc2ccc(Cl)cc2)cc(Cl)c1OCc1ccc2ccccc2c1. The maximum Gasteiger partial charge on any atom is 0.266 e. The Balaban J connectivity index is 1.53. The van der Waals surface area contributed by atoms with Crippen LogP contribution in [-0.2, 0) is 11.4 Å². The van der Waals surface area contributed by atoms with E-state index >= 15 is 0 Å². The number of halogens is 2. The van der Waals surface area contributed by atoms with Gasteiger partial charge < -0.3 is 14.8 Å². The number of hydrogen-bond donors (Lipinski definition) is 1. The highest BCUT2D eigenvalue weighted by Crippen LogP contribution is 2.37. The summed E-state index contributed by atoms with van der Waals surface area (Å²) in [6.45, 7) is 0.295. The van der Waals surface area contributed by atoms with E-state index < -0.39 is 5.91 Å². The number of benzene rings is 4. The van der Waals surface area contributed by atoms with Crippen molar-refractivity contribution in [3.05, 3.63) is 106 Å². The summed E-state index contributed by atoms with van der Waals surface area (Å²) in [5, 5.41) is 15.3. The number of carbonyl (C=O) groups is 1. The van der Waals surface area contributed by atoms with Crippen LogP contribution in [0.4, 0.5) is 5.69 Å². The summed E-state index contributed by atoms with van der Waals surface area (Å²) < 4.78 is 11.5. The van der Waals surface area contributed by atoms with E-state index in [4.69, 9.17) is 32.7 Å². The maximum absolute atomic E-state index is 12.6. The van der Waals surface area contributed by atoms with Crippen molar-refractivity contribution in [2.45, 2.75) is 6.61 Å². The zero-order valence-electron chi connectivity index (χ0n) is 18.7. The molecule has 1 N–H and O–H groups in total. The third kappa shape index (κ3) is 5.93. The van der Waals surface area contributed by atoms with Gasteiger partial charge in [-0.05, 0) is 70.4 Å². The Morgan fingerprint density at radius 2 is 1.74 bits per heavy atom. The Hall–Kier alpha value is -3.98. The second-order valence-corrected chi connectivity index (χ2v) is 8.48. The molecule has 0 bridgehead atoms. The van der Waals surface area contributed by atoms with Gasteiger partial charge in [-0.25, -0.2) is 0 Å². The number of methoxy groups -OCH3 is 1. The molecule has 0 aliphatic heterocycles. The first-order valence-electron chi connectivity index (χ1n) is 10.6. The number of amides is 1. The molecule has 4 rings (SSSR count). The molecule has 1 amide bonds. The first kappa shape index (κ1) is 24.2. The molecule has 0 saturated heterocycles. The normalized spacial score (nSPS) is 11.1. The molecule has 5 nitrogen and oxygen atoms in total. The number of carbonyl (C=O) groups excluding carboxylic acids is 1. The number of ether oxygens (including phenoxy) is 2. The highest BCUT2D eigenvalue weighted by Gasteiger charge is 2.15. The van der Waals surface area contributed by atoms with Gasteiger partial charge in [0, 0.05) is 10.7 Å². The summed E-state index contributed by atoms with van der Waals surface area (Å²) in [5.74, 6) is 0.213. The predicted molar refractivity (Wildman–Crippen MR) is 140 cm³/mol. The maximum atomic E-state index is 12.6. The van der Waals surface area contributed by atoms with Crippen molar-refractivity contribution in [2.75, 3.05) is 12.4 Å². The van der Waals surface area contributed by atoms with Crippen LogP contribution in [0.15, 0.2) is 84.4 Å². The molecule has 7 heteroatoms.